The number of benzene rings is 2. The molecule has 0 aromatic heterocycles. The number of aryl methyl sites for hydroxylation is 2. The van der Waals surface area contributed by atoms with Crippen molar-refractivity contribution in [1.29, 1.82) is 0 Å². The van der Waals surface area contributed by atoms with Crippen LogP contribution >= 0.6 is 0 Å². The van der Waals surface area contributed by atoms with E-state index in [0.29, 0.717) is 70.9 Å². The van der Waals surface area contributed by atoms with Crippen LogP contribution in [0.2, 0.25) is 0 Å². The first kappa shape index (κ1) is 47.7. The van der Waals surface area contributed by atoms with Gasteiger partial charge in [-0.15, -0.1) is 0 Å². The van der Waals surface area contributed by atoms with Gasteiger partial charge < -0.3 is 41.7 Å². The average molecular weight is 869 g/mol. The SMILES string of the molecule is CCC(NC)C(=O)N[C@@H](CCCCCC[C@H](NC(=O)[C@H](C)NC)C(=O)N1CCC[C@H]1C(=O)N[C@@H]1CCCc2ccccc21)C(=O)N1CCC[C@H]1C(=O)N[C@@H]1CCCc2ccccc21. The summed E-state index contributed by atoms with van der Waals surface area (Å²) >= 11 is 0. The van der Waals surface area contributed by atoms with Gasteiger partial charge in [0, 0.05) is 13.1 Å². The highest BCUT2D eigenvalue weighted by molar-refractivity contribution is 5.94. The fourth-order valence-electron chi connectivity index (χ4n) is 10.1. The Balaban J connectivity index is 1.05. The monoisotopic (exact) mass is 869 g/mol. The van der Waals surface area contributed by atoms with Crippen LogP contribution in [0.25, 0.3) is 0 Å². The molecule has 0 radical (unpaired) electrons. The molecule has 0 spiro atoms. The molecule has 6 rings (SSSR count). The molecule has 1 unspecified atom stereocenters. The van der Waals surface area contributed by atoms with Crippen molar-refractivity contribution in [1.82, 2.24) is 41.7 Å². The number of hydrogen-bond acceptors (Lipinski definition) is 8. The second kappa shape index (κ2) is 23.2. The van der Waals surface area contributed by atoms with Gasteiger partial charge in [-0.1, -0.05) is 81.1 Å². The number of nitrogens with zero attached hydrogens (tertiary/aromatic N) is 2. The fourth-order valence-corrected chi connectivity index (χ4v) is 10.1. The van der Waals surface area contributed by atoms with Crippen LogP contribution in [-0.2, 0) is 41.6 Å². The Labute approximate surface area is 374 Å². The van der Waals surface area contributed by atoms with Gasteiger partial charge in [-0.25, -0.2) is 0 Å². The average Bonchev–Trinajstić information content (AvgIpc) is 4.01. The summed E-state index contributed by atoms with van der Waals surface area (Å²) in [5.41, 5.74) is 4.79. The number of unbranched alkanes of at least 4 members (excludes halogenated alkanes) is 3. The van der Waals surface area contributed by atoms with Crippen molar-refractivity contribution >= 4 is 35.4 Å². The molecule has 2 aliphatic carbocycles. The summed E-state index contributed by atoms with van der Waals surface area (Å²) in [6.07, 6.45) is 12.3. The Morgan fingerprint density at radius 3 is 1.49 bits per heavy atom. The Hall–Kier alpha value is -4.82. The maximum Gasteiger partial charge on any atom is 0.245 e. The highest BCUT2D eigenvalue weighted by Gasteiger charge is 2.40. The highest BCUT2D eigenvalue weighted by atomic mass is 16.2. The number of fused-ring (bicyclic) bond motifs is 2. The molecular formula is C49H72N8O6. The number of hydrogen-bond donors (Lipinski definition) is 6. The van der Waals surface area contributed by atoms with Gasteiger partial charge in [0.15, 0.2) is 0 Å². The predicted octanol–water partition coefficient (Wildman–Crippen LogP) is 4.27. The minimum atomic E-state index is -0.793. The van der Waals surface area contributed by atoms with Crippen molar-refractivity contribution in [3.05, 3.63) is 70.8 Å². The normalized spacial score (nSPS) is 22.5. The van der Waals surface area contributed by atoms with Crippen molar-refractivity contribution in [3.8, 4) is 0 Å². The van der Waals surface area contributed by atoms with Gasteiger partial charge in [-0.05, 0) is 127 Å². The van der Waals surface area contributed by atoms with E-state index in [4.69, 9.17) is 0 Å². The number of likely N-dealkylation sites (tertiary alicyclic amines) is 2. The second-order valence-electron chi connectivity index (χ2n) is 18.1. The largest absolute Gasteiger partial charge is 0.347 e. The topological polar surface area (TPSA) is 181 Å². The van der Waals surface area contributed by atoms with E-state index in [9.17, 15) is 28.8 Å². The highest BCUT2D eigenvalue weighted by Crippen LogP contribution is 2.32. The van der Waals surface area contributed by atoms with E-state index in [2.05, 4.69) is 56.2 Å². The molecule has 0 bridgehead atoms. The van der Waals surface area contributed by atoms with E-state index < -0.39 is 36.3 Å². The summed E-state index contributed by atoms with van der Waals surface area (Å²) in [7, 11) is 3.42. The first-order valence-electron chi connectivity index (χ1n) is 23.9. The van der Waals surface area contributed by atoms with Crippen molar-refractivity contribution in [2.24, 2.45) is 0 Å². The zero-order valence-corrected chi connectivity index (χ0v) is 38.0. The first-order chi connectivity index (χ1) is 30.5. The predicted molar refractivity (Wildman–Crippen MR) is 243 cm³/mol. The summed E-state index contributed by atoms with van der Waals surface area (Å²) in [5.74, 6) is -1.30. The zero-order valence-electron chi connectivity index (χ0n) is 38.0. The molecule has 0 saturated carbocycles. The lowest BCUT2D eigenvalue weighted by Gasteiger charge is -2.32. The van der Waals surface area contributed by atoms with Crippen LogP contribution in [0.1, 0.15) is 144 Å². The zero-order chi connectivity index (χ0) is 44.9. The lowest BCUT2D eigenvalue weighted by atomic mass is 9.87. The van der Waals surface area contributed by atoms with Gasteiger partial charge in [0.2, 0.25) is 35.4 Å². The molecule has 2 heterocycles. The lowest BCUT2D eigenvalue weighted by molar-refractivity contribution is -0.142. The molecule has 2 saturated heterocycles. The van der Waals surface area contributed by atoms with Crippen molar-refractivity contribution < 1.29 is 28.8 Å². The number of rotatable bonds is 20. The molecule has 8 atom stereocenters. The van der Waals surface area contributed by atoms with Crippen LogP contribution in [0.15, 0.2) is 48.5 Å². The third kappa shape index (κ3) is 12.1. The van der Waals surface area contributed by atoms with Crippen molar-refractivity contribution in [2.75, 3.05) is 27.2 Å². The van der Waals surface area contributed by atoms with E-state index in [0.717, 1.165) is 62.5 Å². The van der Waals surface area contributed by atoms with Crippen molar-refractivity contribution in [2.45, 2.75) is 171 Å². The van der Waals surface area contributed by atoms with Gasteiger partial charge in [0.1, 0.15) is 24.2 Å². The standard InChI is InChI=1S/C49H72N8O6/c1-5-37(51-4)45(59)55-41(49(63)57-31-17-29-43(57)47(61)53-39-27-15-21-34-19-11-13-23-36(34)39)25-9-7-6-8-24-40(54-44(58)32(2)50-3)48(62)56-30-16-28-42(56)46(60)52-38-26-14-20-33-18-10-12-22-35(33)38/h10-13,18-19,22-23,32,37-43,50-51H,5-9,14-17,20-21,24-31H2,1-4H3,(H,52,60)(H,53,61)(H,54,58)(H,55,59)/t32-,37?,38+,39+,40-,41-,42-,43-/m0/s1. The molecule has 344 valence electrons. The quantitative estimate of drug-likeness (QED) is 0.107. The van der Waals surface area contributed by atoms with Gasteiger partial charge in [0.05, 0.1) is 24.2 Å². The number of carbonyl (C=O) groups excluding carboxylic acids is 6. The van der Waals surface area contributed by atoms with Crippen LogP contribution in [0.5, 0.6) is 0 Å². The van der Waals surface area contributed by atoms with Crippen LogP contribution in [-0.4, -0.2) is 109 Å². The lowest BCUT2D eigenvalue weighted by Crippen LogP contribution is -2.56. The summed E-state index contributed by atoms with van der Waals surface area (Å²) in [5, 5.41) is 18.5. The molecule has 63 heavy (non-hydrogen) atoms. The molecule has 2 aromatic carbocycles. The Morgan fingerprint density at radius 1 is 0.587 bits per heavy atom. The summed E-state index contributed by atoms with van der Waals surface area (Å²) in [6, 6.07) is 12.5. The third-order valence-corrected chi connectivity index (χ3v) is 13.9. The molecule has 6 N–H and O–H groups in total. The smallest absolute Gasteiger partial charge is 0.245 e. The first-order valence-corrected chi connectivity index (χ1v) is 23.9. The van der Waals surface area contributed by atoms with Gasteiger partial charge in [-0.3, -0.25) is 28.8 Å². The summed E-state index contributed by atoms with van der Waals surface area (Å²) in [6.45, 7) is 4.56. The molecule has 2 fully saturated rings. The van der Waals surface area contributed by atoms with Crippen LogP contribution in [0.4, 0.5) is 0 Å². The molecule has 4 aliphatic rings. The Morgan fingerprint density at radius 2 is 1.05 bits per heavy atom. The number of amides is 6. The minimum Gasteiger partial charge on any atom is -0.347 e. The second-order valence-corrected chi connectivity index (χ2v) is 18.1. The number of likely N-dealkylation sites (N-methyl/N-ethyl adjacent to an activating group) is 2. The minimum absolute atomic E-state index is 0.0899. The van der Waals surface area contributed by atoms with E-state index in [-0.39, 0.29) is 47.5 Å². The van der Waals surface area contributed by atoms with E-state index in [1.165, 1.54) is 11.1 Å². The number of carbonyl (C=O) groups is 6. The van der Waals surface area contributed by atoms with Crippen LogP contribution in [0.3, 0.4) is 0 Å². The summed E-state index contributed by atoms with van der Waals surface area (Å²) < 4.78 is 0. The Kier molecular flexibility index (Phi) is 17.6. The molecule has 2 aromatic rings. The molecular weight excluding hydrogens is 797 g/mol. The van der Waals surface area contributed by atoms with E-state index in [1.54, 1.807) is 30.8 Å². The fraction of sp³-hybridized carbons (Fsp3) is 0.633. The van der Waals surface area contributed by atoms with Crippen LogP contribution < -0.4 is 31.9 Å². The van der Waals surface area contributed by atoms with E-state index in [1.807, 2.05) is 31.2 Å². The molecule has 14 nitrogen and oxygen atoms in total. The van der Waals surface area contributed by atoms with Gasteiger partial charge >= 0.3 is 0 Å². The molecule has 6 amide bonds. The Bertz CT molecular complexity index is 1900. The van der Waals surface area contributed by atoms with Crippen LogP contribution in [0, 0.1) is 0 Å². The maximum absolute atomic E-state index is 14.3. The number of nitrogens with one attached hydrogen (secondary N) is 6. The molecule has 2 aliphatic heterocycles. The molecule has 14 heteroatoms. The third-order valence-electron chi connectivity index (χ3n) is 13.9. The van der Waals surface area contributed by atoms with Crippen molar-refractivity contribution in [3.63, 3.8) is 0 Å². The van der Waals surface area contributed by atoms with Gasteiger partial charge in [-0.2, -0.15) is 0 Å². The van der Waals surface area contributed by atoms with E-state index >= 15 is 0 Å². The maximum atomic E-state index is 14.3. The summed E-state index contributed by atoms with van der Waals surface area (Å²) in [4.78, 5) is 86.0. The van der Waals surface area contributed by atoms with Gasteiger partial charge in [0.25, 0.3) is 0 Å².